The molecule has 4 N–H and O–H groups in total. The molecule has 1 heterocycles. The number of imide groups is 1. The number of para-hydroxylation sites is 1. The van der Waals surface area contributed by atoms with Crippen LogP contribution in [0.4, 0.5) is 5.69 Å². The van der Waals surface area contributed by atoms with Gasteiger partial charge in [-0.3, -0.25) is 19.7 Å². The van der Waals surface area contributed by atoms with Gasteiger partial charge < -0.3 is 20.6 Å². The minimum absolute atomic E-state index is 0.0277. The van der Waals surface area contributed by atoms with Gasteiger partial charge in [-0.15, -0.1) is 6.58 Å². The average molecular weight is 358 g/mol. The van der Waals surface area contributed by atoms with E-state index in [1.54, 1.807) is 26.2 Å². The molecule has 138 valence electrons. The lowest BCUT2D eigenvalue weighted by Gasteiger charge is -2.17. The number of amides is 3. The fourth-order valence-corrected chi connectivity index (χ4v) is 2.42. The smallest absolute Gasteiger partial charge is 0.276 e. The van der Waals surface area contributed by atoms with Crippen molar-refractivity contribution in [1.29, 1.82) is 0 Å². The molecule has 1 atom stereocenters. The quantitative estimate of drug-likeness (QED) is 0.328. The van der Waals surface area contributed by atoms with Crippen molar-refractivity contribution in [3.8, 4) is 5.75 Å². The third-order valence-electron chi connectivity index (χ3n) is 3.92. The van der Waals surface area contributed by atoms with Gasteiger partial charge in [0.1, 0.15) is 11.4 Å². The van der Waals surface area contributed by atoms with E-state index in [9.17, 15) is 19.5 Å². The highest BCUT2D eigenvalue weighted by molar-refractivity contribution is 6.20. The molecule has 8 nitrogen and oxygen atoms in total. The summed E-state index contributed by atoms with van der Waals surface area (Å²) in [6, 6.07) is 4.35. The summed E-state index contributed by atoms with van der Waals surface area (Å²) in [5, 5.41) is 18.3. The first kappa shape index (κ1) is 19.0. The van der Waals surface area contributed by atoms with Gasteiger partial charge in [0.15, 0.2) is 5.75 Å². The topological polar surface area (TPSA) is 111 Å². The zero-order valence-electron chi connectivity index (χ0n) is 14.9. The van der Waals surface area contributed by atoms with Crippen LogP contribution < -0.4 is 16.0 Å². The zero-order valence-corrected chi connectivity index (χ0v) is 14.9. The summed E-state index contributed by atoms with van der Waals surface area (Å²) in [5.74, 6) is -1.89. The van der Waals surface area contributed by atoms with Crippen LogP contribution in [0.5, 0.6) is 5.75 Å². The van der Waals surface area contributed by atoms with Crippen LogP contribution in [0.25, 0.3) is 0 Å². The monoisotopic (exact) mass is 358 g/mol. The third-order valence-corrected chi connectivity index (χ3v) is 3.92. The Morgan fingerprint density at radius 2 is 1.96 bits per heavy atom. The highest BCUT2D eigenvalue weighted by Crippen LogP contribution is 2.30. The van der Waals surface area contributed by atoms with E-state index < -0.39 is 11.8 Å². The van der Waals surface area contributed by atoms with E-state index in [0.717, 1.165) is 0 Å². The fraction of sp³-hybridized carbons (Fsp3) is 0.278. The summed E-state index contributed by atoms with van der Waals surface area (Å²) in [5.41, 5.74) is 0.256. The number of carbonyl (C=O) groups is 3. The van der Waals surface area contributed by atoms with E-state index in [0.29, 0.717) is 6.42 Å². The summed E-state index contributed by atoms with van der Waals surface area (Å²) in [6.07, 6.45) is 2.30. The van der Waals surface area contributed by atoms with Crippen molar-refractivity contribution in [3.63, 3.8) is 0 Å². The Labute approximate surface area is 151 Å². The fourth-order valence-electron chi connectivity index (χ4n) is 2.42. The van der Waals surface area contributed by atoms with E-state index in [4.69, 9.17) is 0 Å². The number of rotatable bonds is 7. The summed E-state index contributed by atoms with van der Waals surface area (Å²) in [6.45, 7) is 5.59. The molecule has 0 bridgehead atoms. The van der Waals surface area contributed by atoms with Crippen LogP contribution in [0.15, 0.2) is 42.2 Å². The molecule has 0 saturated carbocycles. The van der Waals surface area contributed by atoms with Gasteiger partial charge in [-0.25, -0.2) is 0 Å². The lowest BCUT2D eigenvalue weighted by atomic mass is 10.1. The maximum Gasteiger partial charge on any atom is 0.276 e. The second kappa shape index (κ2) is 7.73. The van der Waals surface area contributed by atoms with Crippen molar-refractivity contribution < 1.29 is 19.5 Å². The molecule has 2 rings (SSSR count). The number of phenolic OH excluding ortho intramolecular Hbond substituents is 1. The minimum Gasteiger partial charge on any atom is -0.505 e. The van der Waals surface area contributed by atoms with Crippen molar-refractivity contribution >= 4 is 23.4 Å². The summed E-state index contributed by atoms with van der Waals surface area (Å²) in [7, 11) is 3.13. The molecule has 1 aromatic rings. The lowest BCUT2D eigenvalue weighted by molar-refractivity contribution is -0.124. The Bertz CT molecular complexity index is 798. The predicted octanol–water partition coefficient (Wildman–Crippen LogP) is 0.928. The summed E-state index contributed by atoms with van der Waals surface area (Å²) in [4.78, 5) is 37.6. The molecular weight excluding hydrogens is 336 g/mol. The van der Waals surface area contributed by atoms with Gasteiger partial charge >= 0.3 is 0 Å². The first-order chi connectivity index (χ1) is 12.3. The molecular formula is C18H22N4O4. The van der Waals surface area contributed by atoms with Crippen LogP contribution in [0.2, 0.25) is 0 Å². The Hall–Kier alpha value is -3.29. The van der Waals surface area contributed by atoms with E-state index in [2.05, 4.69) is 22.5 Å². The Balaban J connectivity index is 2.41. The Morgan fingerprint density at radius 3 is 2.54 bits per heavy atom. The maximum atomic E-state index is 12.1. The first-order valence-corrected chi connectivity index (χ1v) is 8.09. The molecule has 0 aromatic heterocycles. The van der Waals surface area contributed by atoms with Crippen molar-refractivity contribution in [2.45, 2.75) is 19.4 Å². The third kappa shape index (κ3) is 3.69. The van der Waals surface area contributed by atoms with Crippen molar-refractivity contribution in [2.24, 2.45) is 0 Å². The number of carbonyl (C=O) groups excluding carboxylic acids is 3. The van der Waals surface area contributed by atoms with Crippen LogP contribution in [-0.2, 0) is 9.59 Å². The van der Waals surface area contributed by atoms with Crippen molar-refractivity contribution in [1.82, 2.24) is 15.5 Å². The molecule has 0 fully saturated rings. The first-order valence-electron chi connectivity index (χ1n) is 8.09. The molecule has 0 radical (unpaired) electrons. The molecule has 0 spiro atoms. The number of benzene rings is 1. The Kier molecular flexibility index (Phi) is 5.66. The number of hydrogen-bond acceptors (Lipinski definition) is 6. The van der Waals surface area contributed by atoms with Crippen LogP contribution >= 0.6 is 0 Å². The van der Waals surface area contributed by atoms with E-state index in [1.807, 2.05) is 6.92 Å². The largest absolute Gasteiger partial charge is 0.505 e. The molecule has 0 saturated heterocycles. The van der Waals surface area contributed by atoms with Gasteiger partial charge in [0.05, 0.1) is 11.3 Å². The zero-order chi connectivity index (χ0) is 19.4. The normalized spacial score (nSPS) is 14.7. The minimum atomic E-state index is -0.625. The summed E-state index contributed by atoms with van der Waals surface area (Å²) < 4.78 is 0. The highest BCUT2D eigenvalue weighted by atomic mass is 16.3. The van der Waals surface area contributed by atoms with Gasteiger partial charge in [0.25, 0.3) is 17.7 Å². The van der Waals surface area contributed by atoms with Crippen LogP contribution in [-0.4, -0.2) is 47.9 Å². The number of aromatic hydroxyl groups is 1. The number of nitrogens with zero attached hydrogens (tertiary/aromatic N) is 1. The van der Waals surface area contributed by atoms with Crippen LogP contribution in [0.1, 0.15) is 23.7 Å². The second-order valence-corrected chi connectivity index (χ2v) is 5.95. The molecule has 1 aliphatic rings. The van der Waals surface area contributed by atoms with Gasteiger partial charge in [-0.05, 0) is 18.6 Å². The predicted molar refractivity (Wildman–Crippen MR) is 97.3 cm³/mol. The molecule has 8 heteroatoms. The lowest BCUT2D eigenvalue weighted by Crippen LogP contribution is -2.32. The molecule has 0 aliphatic carbocycles. The number of hydrogen-bond donors (Lipinski definition) is 4. The molecule has 3 amide bonds. The summed E-state index contributed by atoms with van der Waals surface area (Å²) >= 11 is 0. The standard InChI is InChI=1S/C18H22N4O4/c1-5-10(6-2)19-13-14(17(25)21-16(13)24)20-12-9-7-8-11(15(12)23)18(26)22(3)4/h5,7-10,23H,1,6H2,2-4H3,(H3,19,20,21,24,25). The molecule has 1 aromatic carbocycles. The van der Waals surface area contributed by atoms with Gasteiger partial charge in [-0.2, -0.15) is 0 Å². The van der Waals surface area contributed by atoms with E-state index >= 15 is 0 Å². The van der Waals surface area contributed by atoms with Gasteiger partial charge in [-0.1, -0.05) is 19.1 Å². The number of nitrogens with one attached hydrogen (secondary N) is 3. The molecule has 1 aliphatic heterocycles. The van der Waals surface area contributed by atoms with Crippen molar-refractivity contribution in [2.75, 3.05) is 19.4 Å². The number of phenols is 1. The second-order valence-electron chi connectivity index (χ2n) is 5.95. The molecule has 26 heavy (non-hydrogen) atoms. The van der Waals surface area contributed by atoms with Crippen LogP contribution in [0.3, 0.4) is 0 Å². The van der Waals surface area contributed by atoms with Crippen molar-refractivity contribution in [3.05, 3.63) is 47.8 Å². The van der Waals surface area contributed by atoms with E-state index in [-0.39, 0.29) is 40.3 Å². The van der Waals surface area contributed by atoms with Gasteiger partial charge in [0.2, 0.25) is 0 Å². The highest BCUT2D eigenvalue weighted by Gasteiger charge is 2.32. The van der Waals surface area contributed by atoms with Crippen LogP contribution in [0, 0.1) is 0 Å². The maximum absolute atomic E-state index is 12.1. The SMILES string of the molecule is C=CC(CC)NC1=C(Nc2cccc(C(=O)N(C)C)c2O)C(=O)NC1=O. The number of anilines is 1. The molecule has 1 unspecified atom stereocenters. The average Bonchev–Trinajstić information content (AvgIpc) is 2.87. The van der Waals surface area contributed by atoms with E-state index in [1.165, 1.54) is 17.0 Å². The Morgan fingerprint density at radius 1 is 1.31 bits per heavy atom. The van der Waals surface area contributed by atoms with Gasteiger partial charge in [0, 0.05) is 20.1 Å².